The van der Waals surface area contributed by atoms with Gasteiger partial charge in [-0.3, -0.25) is 4.79 Å². The summed E-state index contributed by atoms with van der Waals surface area (Å²) in [6, 6.07) is 3.83. The molecule has 91 valence electrons. The van der Waals surface area contributed by atoms with Crippen LogP contribution in [0.15, 0.2) is 18.3 Å². The molecular formula is C12H16N3O2. The Balaban J connectivity index is 2.02. The van der Waals surface area contributed by atoms with E-state index < -0.39 is 0 Å². The summed E-state index contributed by atoms with van der Waals surface area (Å²) < 4.78 is 5.29. The molecule has 0 aromatic carbocycles. The number of anilines is 1. The fourth-order valence-corrected chi connectivity index (χ4v) is 1.74. The summed E-state index contributed by atoms with van der Waals surface area (Å²) in [4.78, 5) is 17.2. The molecule has 5 nitrogen and oxygen atoms in total. The van der Waals surface area contributed by atoms with E-state index in [1.54, 1.807) is 6.20 Å². The number of hydrogen-bond acceptors (Lipinski definition) is 4. The Morgan fingerprint density at radius 1 is 1.53 bits per heavy atom. The van der Waals surface area contributed by atoms with E-state index in [4.69, 9.17) is 10.5 Å². The number of nitrogens with two attached hydrogens (primary N) is 1. The highest BCUT2D eigenvalue weighted by Crippen LogP contribution is 2.15. The molecule has 0 unspecified atom stereocenters. The minimum atomic E-state index is -0.324. The molecule has 5 heteroatoms. The highest BCUT2D eigenvalue weighted by molar-refractivity contribution is 5.75. The van der Waals surface area contributed by atoms with Gasteiger partial charge >= 0.3 is 0 Å². The molecule has 2 N–H and O–H groups in total. The van der Waals surface area contributed by atoms with Gasteiger partial charge in [-0.2, -0.15) is 0 Å². The number of morpholine rings is 1. The van der Waals surface area contributed by atoms with Crippen molar-refractivity contribution >= 4 is 11.7 Å². The van der Waals surface area contributed by atoms with E-state index >= 15 is 0 Å². The van der Waals surface area contributed by atoms with Gasteiger partial charge in [-0.25, -0.2) is 4.98 Å². The van der Waals surface area contributed by atoms with Crippen molar-refractivity contribution < 1.29 is 9.53 Å². The molecule has 0 atom stereocenters. The summed E-state index contributed by atoms with van der Waals surface area (Å²) in [7, 11) is 0. The molecule has 2 heterocycles. The van der Waals surface area contributed by atoms with E-state index in [0.717, 1.165) is 37.7 Å². The minimum absolute atomic E-state index is 0.257. The summed E-state index contributed by atoms with van der Waals surface area (Å²) >= 11 is 0. The van der Waals surface area contributed by atoms with Crippen LogP contribution in [0.2, 0.25) is 0 Å². The summed E-state index contributed by atoms with van der Waals surface area (Å²) in [5.74, 6) is 0.598. The van der Waals surface area contributed by atoms with E-state index in [1.165, 1.54) is 0 Å². The first-order chi connectivity index (χ1) is 8.25. The molecule has 1 saturated heterocycles. The molecule has 17 heavy (non-hydrogen) atoms. The van der Waals surface area contributed by atoms with Gasteiger partial charge in [0.15, 0.2) is 0 Å². The monoisotopic (exact) mass is 234 g/mol. The van der Waals surface area contributed by atoms with Gasteiger partial charge in [0, 0.05) is 32.1 Å². The Morgan fingerprint density at radius 2 is 2.29 bits per heavy atom. The molecule has 1 amide bonds. The average molecular weight is 234 g/mol. The lowest BCUT2D eigenvalue weighted by atomic mass is 10.1. The third-order valence-corrected chi connectivity index (χ3v) is 2.64. The molecule has 1 radical (unpaired) electrons. The average Bonchev–Trinajstić information content (AvgIpc) is 2.38. The summed E-state index contributed by atoms with van der Waals surface area (Å²) in [6.07, 6.45) is 3.82. The van der Waals surface area contributed by atoms with E-state index in [1.807, 2.05) is 18.6 Å². The number of primary amides is 1. The molecule has 1 aliphatic rings. The van der Waals surface area contributed by atoms with E-state index in [-0.39, 0.29) is 12.3 Å². The van der Waals surface area contributed by atoms with E-state index in [0.29, 0.717) is 0 Å². The van der Waals surface area contributed by atoms with Crippen LogP contribution < -0.4 is 10.6 Å². The second-order valence-corrected chi connectivity index (χ2v) is 3.92. The van der Waals surface area contributed by atoms with Gasteiger partial charge in [0.1, 0.15) is 5.82 Å². The fraction of sp³-hybridized carbons (Fsp3) is 0.417. The van der Waals surface area contributed by atoms with Crippen molar-refractivity contribution in [3.8, 4) is 0 Å². The molecule has 0 aliphatic carbocycles. The molecule has 1 aromatic heterocycles. The largest absolute Gasteiger partial charge is 0.378 e. The van der Waals surface area contributed by atoms with Crippen LogP contribution in [-0.2, 0) is 9.53 Å². The number of amides is 1. The molecule has 0 bridgehead atoms. The lowest BCUT2D eigenvalue weighted by Gasteiger charge is -2.27. The first-order valence-electron chi connectivity index (χ1n) is 5.66. The molecule has 1 aliphatic heterocycles. The van der Waals surface area contributed by atoms with Gasteiger partial charge in [-0.15, -0.1) is 0 Å². The first-order valence-corrected chi connectivity index (χ1v) is 5.66. The molecule has 2 rings (SSSR count). The predicted molar refractivity (Wildman–Crippen MR) is 64.5 cm³/mol. The molecule has 0 saturated carbocycles. The number of rotatable bonds is 4. The van der Waals surface area contributed by atoms with Gasteiger partial charge in [0.2, 0.25) is 5.91 Å². The number of pyridine rings is 1. The van der Waals surface area contributed by atoms with Gasteiger partial charge in [-0.05, 0) is 17.7 Å². The zero-order chi connectivity index (χ0) is 12.1. The van der Waals surface area contributed by atoms with Crippen molar-refractivity contribution in [2.75, 3.05) is 31.2 Å². The second-order valence-electron chi connectivity index (χ2n) is 3.92. The van der Waals surface area contributed by atoms with Crippen molar-refractivity contribution in [3.05, 3.63) is 30.3 Å². The standard InChI is InChI=1S/C12H16N3O2/c13-11(16)2-1-10-3-4-14-12(9-10)15-5-7-17-8-6-15/h1,3-4,9H,2,5-8H2,(H2,13,16). The van der Waals surface area contributed by atoms with E-state index in [9.17, 15) is 4.79 Å². The smallest absolute Gasteiger partial charge is 0.218 e. The van der Waals surface area contributed by atoms with Crippen LogP contribution in [0.1, 0.15) is 12.0 Å². The summed E-state index contributed by atoms with van der Waals surface area (Å²) in [6.45, 7) is 3.17. The highest BCUT2D eigenvalue weighted by atomic mass is 16.5. The van der Waals surface area contributed by atoms with Crippen LogP contribution in [0.25, 0.3) is 0 Å². The SMILES string of the molecule is NC(=O)C[CH]c1ccnc(N2CCOCC2)c1. The number of nitrogens with zero attached hydrogens (tertiary/aromatic N) is 2. The molecule has 0 spiro atoms. The molecule has 1 aromatic rings. The molecule has 1 fully saturated rings. The van der Waals surface area contributed by atoms with Crippen LogP contribution in [-0.4, -0.2) is 37.2 Å². The lowest BCUT2D eigenvalue weighted by molar-refractivity contribution is -0.117. The van der Waals surface area contributed by atoms with Crippen molar-refractivity contribution in [2.45, 2.75) is 6.42 Å². The second kappa shape index (κ2) is 5.63. The van der Waals surface area contributed by atoms with Crippen molar-refractivity contribution in [1.82, 2.24) is 4.98 Å². The third kappa shape index (κ3) is 3.42. The third-order valence-electron chi connectivity index (χ3n) is 2.64. The Bertz CT molecular complexity index is 389. The van der Waals surface area contributed by atoms with Crippen LogP contribution >= 0.6 is 0 Å². The minimum Gasteiger partial charge on any atom is -0.378 e. The van der Waals surface area contributed by atoms with Gasteiger partial charge < -0.3 is 15.4 Å². The van der Waals surface area contributed by atoms with E-state index in [2.05, 4.69) is 9.88 Å². The zero-order valence-electron chi connectivity index (χ0n) is 9.63. The quantitative estimate of drug-likeness (QED) is 0.816. The van der Waals surface area contributed by atoms with Crippen molar-refractivity contribution in [1.29, 1.82) is 0 Å². The Hall–Kier alpha value is -1.62. The fourth-order valence-electron chi connectivity index (χ4n) is 1.74. The normalized spacial score (nSPS) is 15.9. The van der Waals surface area contributed by atoms with Gasteiger partial charge in [0.05, 0.1) is 13.2 Å². The van der Waals surface area contributed by atoms with Crippen molar-refractivity contribution in [2.24, 2.45) is 5.73 Å². The van der Waals surface area contributed by atoms with Crippen molar-refractivity contribution in [3.63, 3.8) is 0 Å². The van der Waals surface area contributed by atoms with Crippen LogP contribution in [0.5, 0.6) is 0 Å². The number of hydrogen-bond donors (Lipinski definition) is 1. The maximum absolute atomic E-state index is 10.7. The topological polar surface area (TPSA) is 68.5 Å². The lowest BCUT2D eigenvalue weighted by Crippen LogP contribution is -2.36. The maximum atomic E-state index is 10.7. The number of carbonyl (C=O) groups is 1. The summed E-state index contributed by atoms with van der Waals surface area (Å²) in [5, 5.41) is 0. The Labute approximate surface area is 101 Å². The maximum Gasteiger partial charge on any atom is 0.218 e. The van der Waals surface area contributed by atoms with Gasteiger partial charge in [-0.1, -0.05) is 0 Å². The van der Waals surface area contributed by atoms with Crippen LogP contribution in [0.4, 0.5) is 5.82 Å². The Kier molecular flexibility index (Phi) is 3.93. The van der Waals surface area contributed by atoms with Crippen LogP contribution in [0.3, 0.4) is 0 Å². The molecular weight excluding hydrogens is 218 g/mol. The first kappa shape index (κ1) is 11.9. The predicted octanol–water partition coefficient (Wildman–Crippen LogP) is 0.346. The summed E-state index contributed by atoms with van der Waals surface area (Å²) in [5.41, 5.74) is 6.08. The zero-order valence-corrected chi connectivity index (χ0v) is 9.63. The number of ether oxygens (including phenoxy) is 1. The Morgan fingerprint density at radius 3 is 3.00 bits per heavy atom. The van der Waals surface area contributed by atoms with Crippen LogP contribution in [0, 0.1) is 6.42 Å². The number of carbonyl (C=O) groups excluding carboxylic acids is 1. The van der Waals surface area contributed by atoms with Gasteiger partial charge in [0.25, 0.3) is 0 Å². The highest BCUT2D eigenvalue weighted by Gasteiger charge is 2.12. The number of aromatic nitrogens is 1.